The molecule has 0 amide bonds. The van der Waals surface area contributed by atoms with Crippen molar-refractivity contribution >= 4 is 34.8 Å². The van der Waals surface area contributed by atoms with Gasteiger partial charge in [0.25, 0.3) is 0 Å². The quantitative estimate of drug-likeness (QED) is 0.674. The van der Waals surface area contributed by atoms with Gasteiger partial charge in [-0.2, -0.15) is 0 Å². The molecule has 1 unspecified atom stereocenters. The first kappa shape index (κ1) is 12.2. The highest BCUT2D eigenvalue weighted by Crippen LogP contribution is 2.24. The van der Waals surface area contributed by atoms with Crippen LogP contribution >= 0.6 is 34.8 Å². The van der Waals surface area contributed by atoms with E-state index in [0.29, 0.717) is 11.8 Å². The van der Waals surface area contributed by atoms with Gasteiger partial charge in [0.15, 0.2) is 0 Å². The average molecular weight is 252 g/mol. The van der Waals surface area contributed by atoms with Crippen LogP contribution < -0.4 is 0 Å². The molecule has 0 heterocycles. The summed E-state index contributed by atoms with van der Waals surface area (Å²) in [6, 6.07) is 5.55. The average Bonchev–Trinajstić information content (AvgIpc) is 2.19. The SMILES string of the molecule is CCC(CCl)Cc1cc(Cl)ccc1Cl. The van der Waals surface area contributed by atoms with Crippen molar-refractivity contribution < 1.29 is 0 Å². The third-order valence-corrected chi connectivity index (χ3v) is 3.35. The maximum atomic E-state index is 6.05. The molecule has 0 fully saturated rings. The Bertz CT molecular complexity index is 293. The van der Waals surface area contributed by atoms with Crippen LogP contribution in [0, 0.1) is 5.92 Å². The van der Waals surface area contributed by atoms with E-state index in [0.717, 1.165) is 28.5 Å². The maximum absolute atomic E-state index is 6.05. The lowest BCUT2D eigenvalue weighted by atomic mass is 9.99. The fourth-order valence-corrected chi connectivity index (χ4v) is 2.04. The molecule has 0 N–H and O–H groups in total. The van der Waals surface area contributed by atoms with Gasteiger partial charge in [0.1, 0.15) is 0 Å². The third kappa shape index (κ3) is 3.34. The normalized spacial score (nSPS) is 12.9. The summed E-state index contributed by atoms with van der Waals surface area (Å²) in [5.74, 6) is 1.15. The second-order valence-electron chi connectivity index (χ2n) is 3.37. The lowest BCUT2D eigenvalue weighted by Crippen LogP contribution is -2.05. The molecular weight excluding hydrogens is 238 g/mol. The van der Waals surface area contributed by atoms with Crippen molar-refractivity contribution in [3.05, 3.63) is 33.8 Å². The third-order valence-electron chi connectivity index (χ3n) is 2.31. The van der Waals surface area contributed by atoms with Gasteiger partial charge in [-0.25, -0.2) is 0 Å². The largest absolute Gasteiger partial charge is 0.126 e. The van der Waals surface area contributed by atoms with Crippen LogP contribution in [0.4, 0.5) is 0 Å². The fourth-order valence-electron chi connectivity index (χ4n) is 1.32. The van der Waals surface area contributed by atoms with E-state index in [1.807, 2.05) is 12.1 Å². The molecule has 0 nitrogen and oxygen atoms in total. The van der Waals surface area contributed by atoms with Crippen molar-refractivity contribution in [1.82, 2.24) is 0 Å². The van der Waals surface area contributed by atoms with Crippen LogP contribution in [0.15, 0.2) is 18.2 Å². The lowest BCUT2D eigenvalue weighted by Gasteiger charge is -2.12. The van der Waals surface area contributed by atoms with E-state index in [9.17, 15) is 0 Å². The van der Waals surface area contributed by atoms with Crippen LogP contribution in [-0.4, -0.2) is 5.88 Å². The molecule has 0 aliphatic heterocycles. The predicted octanol–water partition coefficient (Wildman–Crippen LogP) is 4.80. The van der Waals surface area contributed by atoms with Crippen molar-refractivity contribution in [1.29, 1.82) is 0 Å². The summed E-state index contributed by atoms with van der Waals surface area (Å²) < 4.78 is 0. The number of rotatable bonds is 4. The number of hydrogen-bond acceptors (Lipinski definition) is 0. The second kappa shape index (κ2) is 5.85. The summed E-state index contributed by atoms with van der Waals surface area (Å²) in [5.41, 5.74) is 1.09. The molecular formula is C11H13Cl3. The molecule has 1 rings (SSSR count). The van der Waals surface area contributed by atoms with Crippen molar-refractivity contribution in [2.45, 2.75) is 19.8 Å². The zero-order valence-electron chi connectivity index (χ0n) is 8.06. The molecule has 1 atom stereocenters. The van der Waals surface area contributed by atoms with Crippen LogP contribution in [-0.2, 0) is 6.42 Å². The minimum Gasteiger partial charge on any atom is -0.126 e. The van der Waals surface area contributed by atoms with E-state index in [1.54, 1.807) is 6.07 Å². The summed E-state index contributed by atoms with van der Waals surface area (Å²) in [6.45, 7) is 2.13. The Hall–Kier alpha value is 0.0900. The van der Waals surface area contributed by atoms with E-state index in [4.69, 9.17) is 34.8 Å². The van der Waals surface area contributed by atoms with Gasteiger partial charge in [0.2, 0.25) is 0 Å². The van der Waals surface area contributed by atoms with Gasteiger partial charge in [-0.3, -0.25) is 0 Å². The molecule has 1 aromatic carbocycles. The second-order valence-corrected chi connectivity index (χ2v) is 4.52. The Kier molecular flexibility index (Phi) is 5.08. The van der Waals surface area contributed by atoms with E-state index >= 15 is 0 Å². The molecule has 0 aromatic heterocycles. The fraction of sp³-hybridized carbons (Fsp3) is 0.455. The van der Waals surface area contributed by atoms with E-state index in [1.165, 1.54) is 0 Å². The number of benzene rings is 1. The molecule has 0 bridgehead atoms. The molecule has 14 heavy (non-hydrogen) atoms. The lowest BCUT2D eigenvalue weighted by molar-refractivity contribution is 0.567. The Balaban J connectivity index is 2.79. The number of hydrogen-bond donors (Lipinski definition) is 0. The molecule has 0 radical (unpaired) electrons. The Morgan fingerprint density at radius 2 is 2.00 bits per heavy atom. The predicted molar refractivity (Wildman–Crippen MR) is 64.7 cm³/mol. The molecule has 0 aliphatic carbocycles. The zero-order chi connectivity index (χ0) is 10.6. The van der Waals surface area contributed by atoms with Crippen LogP contribution in [0.3, 0.4) is 0 Å². The van der Waals surface area contributed by atoms with Gasteiger partial charge in [0.05, 0.1) is 0 Å². The number of halogens is 3. The zero-order valence-corrected chi connectivity index (χ0v) is 10.3. The molecule has 78 valence electrons. The van der Waals surface area contributed by atoms with Crippen molar-refractivity contribution in [3.63, 3.8) is 0 Å². The van der Waals surface area contributed by atoms with Gasteiger partial charge in [0, 0.05) is 15.9 Å². The highest BCUT2D eigenvalue weighted by Gasteiger charge is 2.09. The standard InChI is InChI=1S/C11H13Cl3/c1-2-8(7-12)5-9-6-10(13)3-4-11(9)14/h3-4,6,8H,2,5,7H2,1H3. The minimum atomic E-state index is 0.479. The molecule has 0 aliphatic rings. The first-order valence-electron chi connectivity index (χ1n) is 4.67. The first-order valence-corrected chi connectivity index (χ1v) is 5.96. The van der Waals surface area contributed by atoms with E-state index in [-0.39, 0.29) is 0 Å². The van der Waals surface area contributed by atoms with E-state index < -0.39 is 0 Å². The van der Waals surface area contributed by atoms with Crippen LogP contribution in [0.1, 0.15) is 18.9 Å². The van der Waals surface area contributed by atoms with E-state index in [2.05, 4.69) is 6.92 Å². The molecule has 0 spiro atoms. The first-order chi connectivity index (χ1) is 6.67. The van der Waals surface area contributed by atoms with Gasteiger partial charge in [-0.1, -0.05) is 36.5 Å². The van der Waals surface area contributed by atoms with Crippen LogP contribution in [0.2, 0.25) is 10.0 Å². The highest BCUT2D eigenvalue weighted by atomic mass is 35.5. The van der Waals surface area contributed by atoms with Crippen molar-refractivity contribution in [2.75, 3.05) is 5.88 Å². The smallest absolute Gasteiger partial charge is 0.0439 e. The summed E-state index contributed by atoms with van der Waals surface area (Å²) in [6.07, 6.45) is 1.96. The molecule has 0 saturated heterocycles. The monoisotopic (exact) mass is 250 g/mol. The molecule has 0 saturated carbocycles. The van der Waals surface area contributed by atoms with Gasteiger partial charge in [-0.15, -0.1) is 11.6 Å². The maximum Gasteiger partial charge on any atom is 0.0439 e. The van der Waals surface area contributed by atoms with Crippen LogP contribution in [0.5, 0.6) is 0 Å². The number of alkyl halides is 1. The Morgan fingerprint density at radius 3 is 2.57 bits per heavy atom. The van der Waals surface area contributed by atoms with Gasteiger partial charge >= 0.3 is 0 Å². The van der Waals surface area contributed by atoms with Crippen molar-refractivity contribution in [3.8, 4) is 0 Å². The summed E-state index contributed by atoms with van der Waals surface area (Å²) >= 11 is 17.8. The van der Waals surface area contributed by atoms with Crippen molar-refractivity contribution in [2.24, 2.45) is 5.92 Å². The summed E-state index contributed by atoms with van der Waals surface area (Å²) in [4.78, 5) is 0. The summed E-state index contributed by atoms with van der Waals surface area (Å²) in [5, 5.41) is 1.51. The van der Waals surface area contributed by atoms with Crippen LogP contribution in [0.25, 0.3) is 0 Å². The Labute approximate surface area is 100 Å². The molecule has 3 heteroatoms. The molecule has 1 aromatic rings. The van der Waals surface area contributed by atoms with Gasteiger partial charge in [-0.05, 0) is 36.1 Å². The topological polar surface area (TPSA) is 0 Å². The Morgan fingerprint density at radius 1 is 1.29 bits per heavy atom. The summed E-state index contributed by atoms with van der Waals surface area (Å²) in [7, 11) is 0. The van der Waals surface area contributed by atoms with Gasteiger partial charge < -0.3 is 0 Å². The minimum absolute atomic E-state index is 0.479. The highest BCUT2D eigenvalue weighted by molar-refractivity contribution is 6.33.